The SMILES string of the molecule is CN(CC(=O)NC1CC1)C(=O)COC(=O)c1ccc(Cl)cc1F. The monoisotopic (exact) mass is 342 g/mol. The van der Waals surface area contributed by atoms with Crippen LogP contribution >= 0.6 is 11.6 Å². The van der Waals surface area contributed by atoms with Crippen molar-refractivity contribution >= 4 is 29.4 Å². The fourth-order valence-corrected chi connectivity index (χ4v) is 1.93. The molecule has 1 fully saturated rings. The Balaban J connectivity index is 1.80. The molecule has 0 bridgehead atoms. The van der Waals surface area contributed by atoms with E-state index in [1.54, 1.807) is 0 Å². The van der Waals surface area contributed by atoms with Crippen LogP contribution in [0.5, 0.6) is 0 Å². The molecule has 0 atom stereocenters. The summed E-state index contributed by atoms with van der Waals surface area (Å²) in [7, 11) is 1.42. The van der Waals surface area contributed by atoms with E-state index in [4.69, 9.17) is 16.3 Å². The zero-order valence-corrected chi connectivity index (χ0v) is 13.2. The predicted molar refractivity (Wildman–Crippen MR) is 80.5 cm³/mol. The van der Waals surface area contributed by atoms with Crippen LogP contribution in [-0.2, 0) is 14.3 Å². The number of halogens is 2. The van der Waals surface area contributed by atoms with E-state index in [1.165, 1.54) is 19.2 Å². The Labute approximate surface area is 137 Å². The van der Waals surface area contributed by atoms with E-state index in [-0.39, 0.29) is 29.1 Å². The van der Waals surface area contributed by atoms with Crippen molar-refractivity contribution in [1.29, 1.82) is 0 Å². The molecule has 1 N–H and O–H groups in total. The van der Waals surface area contributed by atoms with Gasteiger partial charge in [-0.25, -0.2) is 9.18 Å². The van der Waals surface area contributed by atoms with Gasteiger partial charge in [-0.15, -0.1) is 0 Å². The van der Waals surface area contributed by atoms with Crippen LogP contribution in [0.15, 0.2) is 18.2 Å². The molecule has 0 unspecified atom stereocenters. The molecule has 1 aliphatic rings. The highest BCUT2D eigenvalue weighted by Gasteiger charge is 2.24. The Morgan fingerprint density at radius 2 is 2.09 bits per heavy atom. The third-order valence-corrected chi connectivity index (χ3v) is 3.46. The van der Waals surface area contributed by atoms with Gasteiger partial charge in [0, 0.05) is 18.1 Å². The molecule has 124 valence electrons. The highest BCUT2D eigenvalue weighted by Crippen LogP contribution is 2.18. The molecule has 0 aliphatic heterocycles. The molecular formula is C15H16ClFN2O4. The Bertz CT molecular complexity index is 634. The number of amides is 2. The van der Waals surface area contributed by atoms with Crippen LogP contribution in [0, 0.1) is 5.82 Å². The average Bonchev–Trinajstić information content (AvgIpc) is 3.27. The number of hydrogen-bond acceptors (Lipinski definition) is 4. The second-order valence-electron chi connectivity index (χ2n) is 5.29. The molecule has 1 aliphatic carbocycles. The number of benzene rings is 1. The molecular weight excluding hydrogens is 327 g/mol. The van der Waals surface area contributed by atoms with Crippen LogP contribution in [0.2, 0.25) is 5.02 Å². The molecule has 2 rings (SSSR count). The summed E-state index contributed by atoms with van der Waals surface area (Å²) in [5.41, 5.74) is -0.309. The highest BCUT2D eigenvalue weighted by atomic mass is 35.5. The quantitative estimate of drug-likeness (QED) is 0.792. The normalized spacial score (nSPS) is 13.3. The molecule has 6 nitrogen and oxygen atoms in total. The molecule has 0 spiro atoms. The van der Waals surface area contributed by atoms with Crippen LogP contribution in [0.4, 0.5) is 4.39 Å². The van der Waals surface area contributed by atoms with E-state index in [0.717, 1.165) is 23.8 Å². The zero-order chi connectivity index (χ0) is 17.0. The Hall–Kier alpha value is -2.15. The number of ether oxygens (including phenoxy) is 1. The maximum absolute atomic E-state index is 13.5. The van der Waals surface area contributed by atoms with Crippen LogP contribution in [-0.4, -0.2) is 48.9 Å². The van der Waals surface area contributed by atoms with Gasteiger partial charge in [-0.2, -0.15) is 0 Å². The van der Waals surface area contributed by atoms with Gasteiger partial charge in [0.2, 0.25) is 5.91 Å². The summed E-state index contributed by atoms with van der Waals surface area (Å²) in [5.74, 6) is -2.62. The van der Waals surface area contributed by atoms with E-state index >= 15 is 0 Å². The first kappa shape index (κ1) is 17.2. The third-order valence-electron chi connectivity index (χ3n) is 3.23. The van der Waals surface area contributed by atoms with E-state index < -0.39 is 24.3 Å². The molecule has 0 heterocycles. The molecule has 0 aromatic heterocycles. The zero-order valence-electron chi connectivity index (χ0n) is 12.5. The van der Waals surface area contributed by atoms with Crippen molar-refractivity contribution in [1.82, 2.24) is 10.2 Å². The Morgan fingerprint density at radius 3 is 2.70 bits per heavy atom. The topological polar surface area (TPSA) is 75.7 Å². The van der Waals surface area contributed by atoms with Crippen molar-refractivity contribution in [3.63, 3.8) is 0 Å². The number of likely N-dealkylation sites (N-methyl/N-ethyl adjacent to an activating group) is 1. The van der Waals surface area contributed by atoms with Crippen LogP contribution in [0.1, 0.15) is 23.2 Å². The lowest BCUT2D eigenvalue weighted by atomic mass is 10.2. The molecule has 23 heavy (non-hydrogen) atoms. The van der Waals surface area contributed by atoms with Crippen molar-refractivity contribution in [2.24, 2.45) is 0 Å². The van der Waals surface area contributed by atoms with Crippen molar-refractivity contribution in [2.75, 3.05) is 20.2 Å². The molecule has 0 saturated heterocycles. The van der Waals surface area contributed by atoms with Gasteiger partial charge in [0.1, 0.15) is 5.82 Å². The maximum Gasteiger partial charge on any atom is 0.341 e. The summed E-state index contributed by atoms with van der Waals surface area (Å²) in [5, 5.41) is 2.89. The Morgan fingerprint density at radius 1 is 1.39 bits per heavy atom. The molecule has 1 aromatic carbocycles. The van der Waals surface area contributed by atoms with Gasteiger partial charge in [-0.1, -0.05) is 11.6 Å². The minimum atomic E-state index is -0.969. The number of esters is 1. The number of carbonyl (C=O) groups is 3. The van der Waals surface area contributed by atoms with Gasteiger partial charge in [-0.3, -0.25) is 9.59 Å². The first-order chi connectivity index (χ1) is 10.9. The standard InChI is InChI=1S/C15H16ClFN2O4/c1-19(7-13(20)18-10-3-4-10)14(21)8-23-15(22)11-5-2-9(16)6-12(11)17/h2,5-6,10H,3-4,7-8H2,1H3,(H,18,20). The van der Waals surface area contributed by atoms with Crippen molar-refractivity contribution in [3.05, 3.63) is 34.6 Å². The predicted octanol–water partition coefficient (Wildman–Crippen LogP) is 1.37. The molecule has 1 saturated carbocycles. The number of hydrogen-bond donors (Lipinski definition) is 1. The number of nitrogens with one attached hydrogen (secondary N) is 1. The minimum Gasteiger partial charge on any atom is -0.452 e. The average molecular weight is 343 g/mol. The second kappa shape index (κ2) is 7.41. The molecule has 8 heteroatoms. The van der Waals surface area contributed by atoms with Gasteiger partial charge in [0.05, 0.1) is 12.1 Å². The van der Waals surface area contributed by atoms with E-state index in [9.17, 15) is 18.8 Å². The van der Waals surface area contributed by atoms with E-state index in [0.29, 0.717) is 0 Å². The number of carbonyl (C=O) groups excluding carboxylic acids is 3. The second-order valence-corrected chi connectivity index (χ2v) is 5.73. The summed E-state index contributed by atoms with van der Waals surface area (Å²) >= 11 is 5.59. The lowest BCUT2D eigenvalue weighted by Gasteiger charge is -2.16. The lowest BCUT2D eigenvalue weighted by molar-refractivity contribution is -0.137. The van der Waals surface area contributed by atoms with Gasteiger partial charge < -0.3 is 15.0 Å². The summed E-state index contributed by atoms with van der Waals surface area (Å²) in [4.78, 5) is 36.2. The number of rotatable bonds is 6. The first-order valence-corrected chi connectivity index (χ1v) is 7.40. The minimum absolute atomic E-state index is 0.123. The fourth-order valence-electron chi connectivity index (χ4n) is 1.77. The van der Waals surface area contributed by atoms with Crippen molar-refractivity contribution in [3.8, 4) is 0 Å². The van der Waals surface area contributed by atoms with Gasteiger partial charge in [-0.05, 0) is 31.0 Å². The van der Waals surface area contributed by atoms with Gasteiger partial charge >= 0.3 is 5.97 Å². The van der Waals surface area contributed by atoms with Gasteiger partial charge in [0.25, 0.3) is 5.91 Å². The lowest BCUT2D eigenvalue weighted by Crippen LogP contribution is -2.40. The smallest absolute Gasteiger partial charge is 0.341 e. The first-order valence-electron chi connectivity index (χ1n) is 7.02. The maximum atomic E-state index is 13.5. The largest absolute Gasteiger partial charge is 0.452 e. The summed E-state index contributed by atoms with van der Waals surface area (Å²) in [6.07, 6.45) is 1.90. The van der Waals surface area contributed by atoms with Crippen LogP contribution in [0.25, 0.3) is 0 Å². The van der Waals surface area contributed by atoms with E-state index in [1.807, 2.05) is 0 Å². The van der Waals surface area contributed by atoms with Crippen LogP contribution in [0.3, 0.4) is 0 Å². The molecule has 2 amide bonds. The van der Waals surface area contributed by atoms with E-state index in [2.05, 4.69) is 5.32 Å². The summed E-state index contributed by atoms with van der Waals surface area (Å²) < 4.78 is 18.3. The summed E-state index contributed by atoms with van der Waals surface area (Å²) in [6, 6.07) is 3.71. The van der Waals surface area contributed by atoms with Crippen molar-refractivity contribution < 1.29 is 23.5 Å². The summed E-state index contributed by atoms with van der Waals surface area (Å²) in [6.45, 7) is -0.698. The Kier molecular flexibility index (Phi) is 5.54. The highest BCUT2D eigenvalue weighted by molar-refractivity contribution is 6.30. The molecule has 0 radical (unpaired) electrons. The van der Waals surface area contributed by atoms with Gasteiger partial charge in [0.15, 0.2) is 6.61 Å². The number of nitrogens with zero attached hydrogens (tertiary/aromatic N) is 1. The van der Waals surface area contributed by atoms with Crippen LogP contribution < -0.4 is 5.32 Å². The fraction of sp³-hybridized carbons (Fsp3) is 0.400. The molecule has 1 aromatic rings. The van der Waals surface area contributed by atoms with Crippen molar-refractivity contribution in [2.45, 2.75) is 18.9 Å². The third kappa shape index (κ3) is 5.21.